The predicted molar refractivity (Wildman–Crippen MR) is 84.7 cm³/mol. The molecule has 3 heteroatoms. The lowest BCUT2D eigenvalue weighted by molar-refractivity contribution is -0.122. The van der Waals surface area contributed by atoms with Gasteiger partial charge in [-0.15, -0.1) is 0 Å². The molecule has 1 fully saturated rings. The molecule has 3 rings (SSSR count). The van der Waals surface area contributed by atoms with Gasteiger partial charge < -0.3 is 11.1 Å². The van der Waals surface area contributed by atoms with Gasteiger partial charge in [-0.2, -0.15) is 0 Å². The largest absolute Gasteiger partial charge is 0.399 e. The molecule has 21 heavy (non-hydrogen) atoms. The molecule has 2 unspecified atom stereocenters. The molecule has 0 spiro atoms. The molecular formula is C18H20N2O. The Hall–Kier alpha value is -2.29. The van der Waals surface area contributed by atoms with Gasteiger partial charge in [-0.05, 0) is 42.0 Å². The molecule has 2 atom stereocenters. The van der Waals surface area contributed by atoms with Crippen LogP contribution in [-0.4, -0.2) is 5.91 Å². The van der Waals surface area contributed by atoms with Crippen molar-refractivity contribution >= 4 is 11.6 Å². The fourth-order valence-electron chi connectivity index (χ4n) is 2.76. The number of rotatable bonds is 4. The van der Waals surface area contributed by atoms with Gasteiger partial charge in [-0.25, -0.2) is 0 Å². The van der Waals surface area contributed by atoms with Crippen molar-refractivity contribution in [2.75, 3.05) is 5.73 Å². The van der Waals surface area contributed by atoms with Gasteiger partial charge in [-0.1, -0.05) is 42.5 Å². The van der Waals surface area contributed by atoms with Gasteiger partial charge in [0, 0.05) is 18.2 Å². The number of nitrogens with one attached hydrogen (secondary N) is 1. The van der Waals surface area contributed by atoms with Crippen LogP contribution in [0.4, 0.5) is 5.69 Å². The summed E-state index contributed by atoms with van der Waals surface area (Å²) in [4.78, 5) is 12.2. The van der Waals surface area contributed by atoms with Crippen molar-refractivity contribution in [3.63, 3.8) is 0 Å². The van der Waals surface area contributed by atoms with Crippen molar-refractivity contribution in [3.05, 3.63) is 65.2 Å². The molecule has 108 valence electrons. The second-order valence-electron chi connectivity index (χ2n) is 5.71. The number of nitrogen functional groups attached to an aromatic ring is 1. The van der Waals surface area contributed by atoms with E-state index in [0.29, 0.717) is 12.5 Å². The molecule has 2 aromatic carbocycles. The molecule has 0 bridgehead atoms. The quantitative estimate of drug-likeness (QED) is 0.846. The molecule has 0 heterocycles. The van der Waals surface area contributed by atoms with Crippen LogP contribution in [0.2, 0.25) is 0 Å². The Balaban J connectivity index is 1.58. The summed E-state index contributed by atoms with van der Waals surface area (Å²) in [7, 11) is 0. The molecule has 0 saturated heterocycles. The summed E-state index contributed by atoms with van der Waals surface area (Å²) in [5, 5.41) is 3.03. The number of hydrogen-bond acceptors (Lipinski definition) is 2. The fourth-order valence-corrected chi connectivity index (χ4v) is 2.76. The van der Waals surface area contributed by atoms with Gasteiger partial charge in [0.05, 0.1) is 0 Å². The Bertz CT molecular complexity index is 652. The van der Waals surface area contributed by atoms with E-state index < -0.39 is 0 Å². The third kappa shape index (κ3) is 2.92. The van der Waals surface area contributed by atoms with Crippen LogP contribution < -0.4 is 11.1 Å². The number of anilines is 1. The average Bonchev–Trinajstić information content (AvgIpc) is 3.30. The van der Waals surface area contributed by atoms with Gasteiger partial charge in [-0.3, -0.25) is 4.79 Å². The SMILES string of the molecule is Cc1c(N)cccc1CNC(=O)C1CC1c1ccccc1. The molecule has 1 amide bonds. The zero-order chi connectivity index (χ0) is 14.8. The van der Waals surface area contributed by atoms with E-state index in [9.17, 15) is 4.79 Å². The molecule has 1 aliphatic rings. The van der Waals surface area contributed by atoms with Crippen molar-refractivity contribution in [1.29, 1.82) is 0 Å². The Morgan fingerprint density at radius 2 is 1.95 bits per heavy atom. The van der Waals surface area contributed by atoms with Gasteiger partial charge in [0.15, 0.2) is 0 Å². The van der Waals surface area contributed by atoms with Crippen LogP contribution in [0.3, 0.4) is 0 Å². The number of carbonyl (C=O) groups excluding carboxylic acids is 1. The van der Waals surface area contributed by atoms with Crippen molar-refractivity contribution < 1.29 is 4.79 Å². The highest BCUT2D eigenvalue weighted by molar-refractivity contribution is 5.82. The monoisotopic (exact) mass is 280 g/mol. The number of benzene rings is 2. The second kappa shape index (κ2) is 5.60. The van der Waals surface area contributed by atoms with E-state index in [1.54, 1.807) is 0 Å². The lowest BCUT2D eigenvalue weighted by Crippen LogP contribution is -2.25. The van der Waals surface area contributed by atoms with E-state index in [1.807, 2.05) is 43.3 Å². The van der Waals surface area contributed by atoms with Crippen molar-refractivity contribution in [2.24, 2.45) is 5.92 Å². The highest BCUT2D eigenvalue weighted by Gasteiger charge is 2.43. The normalized spacial score (nSPS) is 20.0. The van der Waals surface area contributed by atoms with Gasteiger partial charge in [0.2, 0.25) is 5.91 Å². The molecular weight excluding hydrogens is 260 g/mol. The minimum atomic E-state index is 0.119. The summed E-state index contributed by atoms with van der Waals surface area (Å²) in [6.07, 6.45) is 0.950. The maximum atomic E-state index is 12.2. The van der Waals surface area contributed by atoms with Crippen molar-refractivity contribution in [2.45, 2.75) is 25.8 Å². The molecule has 0 aromatic heterocycles. The summed E-state index contributed by atoms with van der Waals surface area (Å²) < 4.78 is 0. The second-order valence-corrected chi connectivity index (χ2v) is 5.71. The minimum Gasteiger partial charge on any atom is -0.399 e. The maximum absolute atomic E-state index is 12.2. The highest BCUT2D eigenvalue weighted by Crippen LogP contribution is 2.47. The first-order valence-electron chi connectivity index (χ1n) is 7.33. The van der Waals surface area contributed by atoms with E-state index in [0.717, 1.165) is 23.2 Å². The van der Waals surface area contributed by atoms with E-state index in [2.05, 4.69) is 17.4 Å². The van der Waals surface area contributed by atoms with E-state index in [4.69, 9.17) is 5.73 Å². The number of hydrogen-bond donors (Lipinski definition) is 2. The Morgan fingerprint density at radius 1 is 1.19 bits per heavy atom. The Labute approximate surface area is 125 Å². The van der Waals surface area contributed by atoms with Crippen LogP contribution in [0.15, 0.2) is 48.5 Å². The predicted octanol–water partition coefficient (Wildman–Crippen LogP) is 3.00. The third-order valence-corrected chi connectivity index (χ3v) is 4.30. The minimum absolute atomic E-state index is 0.119. The molecule has 2 aromatic rings. The van der Waals surface area contributed by atoms with Crippen LogP contribution in [0.5, 0.6) is 0 Å². The number of nitrogens with two attached hydrogens (primary N) is 1. The van der Waals surface area contributed by atoms with Crippen LogP contribution in [0.1, 0.15) is 29.0 Å². The van der Waals surface area contributed by atoms with Crippen LogP contribution in [0, 0.1) is 12.8 Å². The molecule has 0 aliphatic heterocycles. The van der Waals surface area contributed by atoms with Crippen molar-refractivity contribution in [3.8, 4) is 0 Å². The number of carbonyl (C=O) groups is 1. The van der Waals surface area contributed by atoms with Crippen LogP contribution in [0.25, 0.3) is 0 Å². The zero-order valence-corrected chi connectivity index (χ0v) is 12.2. The molecule has 3 N–H and O–H groups in total. The first kappa shape index (κ1) is 13.7. The van der Waals surface area contributed by atoms with E-state index >= 15 is 0 Å². The molecule has 1 saturated carbocycles. The summed E-state index contributed by atoms with van der Waals surface area (Å²) >= 11 is 0. The summed E-state index contributed by atoms with van der Waals surface area (Å²) in [5.74, 6) is 0.646. The van der Waals surface area contributed by atoms with Crippen LogP contribution in [-0.2, 0) is 11.3 Å². The standard InChI is InChI=1S/C18H20N2O/c1-12-14(8-5-9-17(12)19)11-20-18(21)16-10-15(16)13-6-3-2-4-7-13/h2-9,15-16H,10-11,19H2,1H3,(H,20,21). The first-order valence-corrected chi connectivity index (χ1v) is 7.33. The third-order valence-electron chi connectivity index (χ3n) is 4.30. The Kier molecular flexibility index (Phi) is 3.65. The van der Waals surface area contributed by atoms with E-state index in [-0.39, 0.29) is 11.8 Å². The summed E-state index contributed by atoms with van der Waals surface area (Å²) in [5.41, 5.74) is 10.1. The fraction of sp³-hybridized carbons (Fsp3) is 0.278. The first-order chi connectivity index (χ1) is 10.2. The van der Waals surface area contributed by atoms with E-state index in [1.165, 1.54) is 5.56 Å². The highest BCUT2D eigenvalue weighted by atomic mass is 16.2. The number of amides is 1. The molecule has 0 radical (unpaired) electrons. The lowest BCUT2D eigenvalue weighted by atomic mass is 10.1. The smallest absolute Gasteiger partial charge is 0.224 e. The zero-order valence-electron chi connectivity index (χ0n) is 12.2. The molecule has 3 nitrogen and oxygen atoms in total. The van der Waals surface area contributed by atoms with Gasteiger partial charge in [0.25, 0.3) is 0 Å². The lowest BCUT2D eigenvalue weighted by Gasteiger charge is -2.09. The summed E-state index contributed by atoms with van der Waals surface area (Å²) in [6.45, 7) is 2.54. The van der Waals surface area contributed by atoms with Crippen molar-refractivity contribution in [1.82, 2.24) is 5.32 Å². The van der Waals surface area contributed by atoms with Crippen LogP contribution >= 0.6 is 0 Å². The summed E-state index contributed by atoms with van der Waals surface area (Å²) in [6, 6.07) is 16.1. The average molecular weight is 280 g/mol. The Morgan fingerprint density at radius 3 is 2.71 bits per heavy atom. The topological polar surface area (TPSA) is 55.1 Å². The van der Waals surface area contributed by atoms with Gasteiger partial charge >= 0.3 is 0 Å². The maximum Gasteiger partial charge on any atom is 0.224 e. The van der Waals surface area contributed by atoms with Gasteiger partial charge in [0.1, 0.15) is 0 Å². The molecule has 1 aliphatic carbocycles.